The predicted molar refractivity (Wildman–Crippen MR) is 66.8 cm³/mol. The van der Waals surface area contributed by atoms with Gasteiger partial charge in [0.2, 0.25) is 11.6 Å². The first-order valence-electron chi connectivity index (χ1n) is 5.62. The third-order valence-corrected chi connectivity index (χ3v) is 3.87. The van der Waals surface area contributed by atoms with E-state index in [-0.39, 0.29) is 21.3 Å². The van der Waals surface area contributed by atoms with Gasteiger partial charge in [-0.25, -0.2) is 0 Å². The van der Waals surface area contributed by atoms with E-state index in [0.29, 0.717) is 13.1 Å². The fourth-order valence-electron chi connectivity index (χ4n) is 2.16. The van der Waals surface area contributed by atoms with E-state index in [4.69, 9.17) is 28.5 Å². The van der Waals surface area contributed by atoms with E-state index >= 15 is 0 Å². The lowest BCUT2D eigenvalue weighted by Gasteiger charge is -2.31. The molecule has 1 fully saturated rings. The molecule has 1 aliphatic heterocycles. The summed E-state index contributed by atoms with van der Waals surface area (Å²) in [5.74, 6) is -1.19. The first-order chi connectivity index (χ1) is 8.57. The summed E-state index contributed by atoms with van der Waals surface area (Å²) in [4.78, 5) is 25.7. The number of rotatable bonds is 1. The minimum absolute atomic E-state index is 0.108. The number of carbonyl (C=O) groups excluding carboxylic acids is 2. The van der Waals surface area contributed by atoms with Crippen molar-refractivity contribution in [2.24, 2.45) is 0 Å². The Balaban J connectivity index is 2.47. The van der Waals surface area contributed by atoms with Crippen molar-refractivity contribution in [2.75, 3.05) is 13.1 Å². The van der Waals surface area contributed by atoms with E-state index in [1.807, 2.05) is 0 Å². The maximum atomic E-state index is 12.1. The molecule has 0 aromatic heterocycles. The maximum absolute atomic E-state index is 12.1. The summed E-state index contributed by atoms with van der Waals surface area (Å²) in [7, 11) is 0. The number of Topliss-reactive ketones (excluding diaryl/α,β-unsaturated/α-hetero) is 2. The number of likely N-dealkylation sites (tertiary alicyclic amines) is 1. The zero-order valence-electron chi connectivity index (χ0n) is 9.50. The van der Waals surface area contributed by atoms with Crippen LogP contribution in [0, 0.1) is 11.3 Å². The summed E-state index contributed by atoms with van der Waals surface area (Å²) in [6, 6.07) is 1.77. The Kier molecular flexibility index (Phi) is 3.74. The van der Waals surface area contributed by atoms with Gasteiger partial charge in [-0.15, -0.1) is 0 Å². The van der Waals surface area contributed by atoms with Crippen LogP contribution in [0.25, 0.3) is 0 Å². The highest BCUT2D eigenvalue weighted by molar-refractivity contribution is 6.59. The summed E-state index contributed by atoms with van der Waals surface area (Å²) >= 11 is 11.4. The van der Waals surface area contributed by atoms with E-state index < -0.39 is 11.6 Å². The molecule has 0 bridgehead atoms. The van der Waals surface area contributed by atoms with Crippen LogP contribution in [-0.2, 0) is 9.59 Å². The van der Waals surface area contributed by atoms with Crippen LogP contribution in [0.2, 0.25) is 0 Å². The van der Waals surface area contributed by atoms with Crippen molar-refractivity contribution >= 4 is 34.8 Å². The van der Waals surface area contributed by atoms with E-state index in [0.717, 1.165) is 19.3 Å². The second kappa shape index (κ2) is 5.13. The molecule has 0 saturated carbocycles. The molecule has 1 aliphatic carbocycles. The Hall–Kier alpha value is -1.31. The normalized spacial score (nSPS) is 21.5. The highest BCUT2D eigenvalue weighted by atomic mass is 35.5. The van der Waals surface area contributed by atoms with E-state index in [1.54, 1.807) is 11.0 Å². The third-order valence-electron chi connectivity index (χ3n) is 3.05. The fraction of sp³-hybridized carbons (Fsp3) is 0.417. The highest BCUT2D eigenvalue weighted by Gasteiger charge is 2.36. The van der Waals surface area contributed by atoms with Crippen molar-refractivity contribution in [3.8, 4) is 6.07 Å². The molecular weight excluding hydrogens is 275 g/mol. The molecule has 94 valence electrons. The van der Waals surface area contributed by atoms with Gasteiger partial charge in [-0.3, -0.25) is 9.59 Å². The number of allylic oxidation sites excluding steroid dienone is 3. The maximum Gasteiger partial charge on any atom is 0.223 e. The molecule has 0 spiro atoms. The van der Waals surface area contributed by atoms with Crippen molar-refractivity contribution < 1.29 is 9.59 Å². The molecule has 0 amide bonds. The first-order valence-corrected chi connectivity index (χ1v) is 6.37. The van der Waals surface area contributed by atoms with Gasteiger partial charge in [-0.1, -0.05) is 23.2 Å². The average molecular weight is 285 g/mol. The minimum atomic E-state index is -0.663. The number of nitriles is 1. The number of hydrogen-bond donors (Lipinski definition) is 0. The summed E-state index contributed by atoms with van der Waals surface area (Å²) in [6.45, 7) is 1.31. The molecule has 0 aromatic rings. The molecule has 6 heteroatoms. The predicted octanol–water partition coefficient (Wildman–Crippen LogP) is 2.09. The molecule has 0 unspecified atom stereocenters. The van der Waals surface area contributed by atoms with Gasteiger partial charge in [0.25, 0.3) is 0 Å². The molecule has 0 N–H and O–H groups in total. The molecule has 4 nitrogen and oxygen atoms in total. The second-order valence-corrected chi connectivity index (χ2v) is 4.93. The Bertz CT molecular complexity index is 523. The first kappa shape index (κ1) is 13.1. The largest absolute Gasteiger partial charge is 0.367 e. The van der Waals surface area contributed by atoms with Crippen LogP contribution in [-0.4, -0.2) is 29.6 Å². The number of carbonyl (C=O) groups is 2. The molecule has 2 rings (SSSR count). The van der Waals surface area contributed by atoms with Gasteiger partial charge < -0.3 is 4.90 Å². The fourth-order valence-corrected chi connectivity index (χ4v) is 2.51. The lowest BCUT2D eigenvalue weighted by atomic mass is 9.97. The smallest absolute Gasteiger partial charge is 0.223 e. The standard InChI is InChI=1S/C12H10Cl2N2O2/c13-8-9(14)12(18)10(7(6-15)11(8)17)16-4-2-1-3-5-16/h1-5H2. The van der Waals surface area contributed by atoms with Crippen molar-refractivity contribution in [3.63, 3.8) is 0 Å². The molecule has 0 radical (unpaired) electrons. The van der Waals surface area contributed by atoms with Gasteiger partial charge in [0.05, 0.1) is 0 Å². The van der Waals surface area contributed by atoms with Crippen molar-refractivity contribution in [2.45, 2.75) is 19.3 Å². The third kappa shape index (κ3) is 2.05. The van der Waals surface area contributed by atoms with Gasteiger partial charge in [-0.2, -0.15) is 5.26 Å². The van der Waals surface area contributed by atoms with Crippen molar-refractivity contribution in [3.05, 3.63) is 21.3 Å². The van der Waals surface area contributed by atoms with Crippen molar-refractivity contribution in [1.29, 1.82) is 5.26 Å². The Morgan fingerprint density at radius 2 is 1.56 bits per heavy atom. The van der Waals surface area contributed by atoms with Gasteiger partial charge in [0.1, 0.15) is 27.4 Å². The number of halogens is 2. The summed E-state index contributed by atoms with van der Waals surface area (Å²) in [5.41, 5.74) is -0.0899. The van der Waals surface area contributed by atoms with Gasteiger partial charge in [-0.05, 0) is 19.3 Å². The van der Waals surface area contributed by atoms with Crippen LogP contribution >= 0.6 is 23.2 Å². The molecule has 0 aromatic carbocycles. The van der Waals surface area contributed by atoms with E-state index in [1.165, 1.54) is 0 Å². The lowest BCUT2D eigenvalue weighted by Crippen LogP contribution is -2.36. The zero-order chi connectivity index (χ0) is 13.3. The van der Waals surface area contributed by atoms with Gasteiger partial charge in [0, 0.05) is 13.1 Å². The quantitative estimate of drug-likeness (QED) is 0.692. The average Bonchev–Trinajstić information content (AvgIpc) is 2.41. The summed E-state index contributed by atoms with van der Waals surface area (Å²) < 4.78 is 0. The molecule has 0 atom stereocenters. The van der Waals surface area contributed by atoms with Crippen LogP contribution in [0.5, 0.6) is 0 Å². The monoisotopic (exact) mass is 284 g/mol. The number of hydrogen-bond acceptors (Lipinski definition) is 4. The Morgan fingerprint density at radius 1 is 1.00 bits per heavy atom. The topological polar surface area (TPSA) is 61.2 Å². The molecule has 1 saturated heterocycles. The lowest BCUT2D eigenvalue weighted by molar-refractivity contribution is -0.116. The zero-order valence-corrected chi connectivity index (χ0v) is 11.0. The van der Waals surface area contributed by atoms with Gasteiger partial charge in [0.15, 0.2) is 0 Å². The summed E-state index contributed by atoms with van der Waals surface area (Å²) in [5, 5.41) is 8.40. The molecule has 2 aliphatic rings. The highest BCUT2D eigenvalue weighted by Crippen LogP contribution is 2.32. The molecule has 18 heavy (non-hydrogen) atoms. The van der Waals surface area contributed by atoms with Crippen LogP contribution in [0.3, 0.4) is 0 Å². The molecule has 1 heterocycles. The second-order valence-electron chi connectivity index (χ2n) is 4.17. The van der Waals surface area contributed by atoms with Crippen molar-refractivity contribution in [1.82, 2.24) is 4.90 Å². The number of nitrogens with zero attached hydrogens (tertiary/aromatic N) is 2. The van der Waals surface area contributed by atoms with E-state index in [2.05, 4.69) is 0 Å². The summed E-state index contributed by atoms with van der Waals surface area (Å²) in [6.07, 6.45) is 2.94. The van der Waals surface area contributed by atoms with Gasteiger partial charge >= 0.3 is 0 Å². The number of piperidine rings is 1. The minimum Gasteiger partial charge on any atom is -0.367 e. The van der Waals surface area contributed by atoms with E-state index in [9.17, 15) is 9.59 Å². The SMILES string of the molecule is N#CC1=C(N2CCCCC2)C(=O)C(Cl)=C(Cl)C1=O. The Morgan fingerprint density at radius 3 is 2.11 bits per heavy atom. The van der Waals surface area contributed by atoms with Crippen LogP contribution in [0.15, 0.2) is 21.3 Å². The Labute approximate surface area is 114 Å². The van der Waals surface area contributed by atoms with Crippen LogP contribution in [0.4, 0.5) is 0 Å². The number of ketones is 2. The van der Waals surface area contributed by atoms with Crippen LogP contribution in [0.1, 0.15) is 19.3 Å². The van der Waals surface area contributed by atoms with Crippen LogP contribution < -0.4 is 0 Å². The molecular formula is C12H10Cl2N2O2.